The molecule has 2 rings (SSSR count). The molecule has 1 saturated carbocycles. The maximum Gasteiger partial charge on any atom is 0.324 e. The standard InChI is InChI=1S/C15H29N3O2/c1-12(2)16-14(15(19)20-3)11-18-8-6-17(7-9-18)10-13-4-5-13/h12-14,16H,4-11H2,1-3H3. The summed E-state index contributed by atoms with van der Waals surface area (Å²) < 4.78 is 4.90. The van der Waals surface area contributed by atoms with E-state index < -0.39 is 0 Å². The number of piperazine rings is 1. The van der Waals surface area contributed by atoms with Gasteiger partial charge >= 0.3 is 5.97 Å². The molecule has 1 N–H and O–H groups in total. The molecule has 1 saturated heterocycles. The monoisotopic (exact) mass is 283 g/mol. The summed E-state index contributed by atoms with van der Waals surface area (Å²) >= 11 is 0. The molecule has 5 nitrogen and oxygen atoms in total. The number of carbonyl (C=O) groups is 1. The van der Waals surface area contributed by atoms with E-state index >= 15 is 0 Å². The lowest BCUT2D eigenvalue weighted by Crippen LogP contribution is -2.54. The van der Waals surface area contributed by atoms with Crippen molar-refractivity contribution in [3.63, 3.8) is 0 Å². The first kappa shape index (κ1) is 15.7. The minimum absolute atomic E-state index is 0.154. The average molecular weight is 283 g/mol. The van der Waals surface area contributed by atoms with Crippen LogP contribution >= 0.6 is 0 Å². The van der Waals surface area contributed by atoms with Gasteiger partial charge in [-0.15, -0.1) is 0 Å². The fraction of sp³-hybridized carbons (Fsp3) is 0.933. The molecule has 0 aromatic heterocycles. The SMILES string of the molecule is COC(=O)C(CN1CCN(CC2CC2)CC1)NC(C)C. The summed E-state index contributed by atoms with van der Waals surface area (Å²) in [6.07, 6.45) is 2.84. The van der Waals surface area contributed by atoms with E-state index in [1.807, 2.05) is 0 Å². The normalized spacial score (nSPS) is 23.0. The third-order valence-corrected chi connectivity index (χ3v) is 4.14. The minimum atomic E-state index is -0.213. The van der Waals surface area contributed by atoms with Crippen LogP contribution in [0.3, 0.4) is 0 Å². The molecule has 0 aromatic carbocycles. The van der Waals surface area contributed by atoms with Gasteiger partial charge in [-0.25, -0.2) is 0 Å². The predicted molar refractivity (Wildman–Crippen MR) is 79.7 cm³/mol. The van der Waals surface area contributed by atoms with Crippen molar-refractivity contribution in [2.24, 2.45) is 5.92 Å². The highest BCUT2D eigenvalue weighted by atomic mass is 16.5. The Labute approximate surface area is 122 Å². The highest BCUT2D eigenvalue weighted by Gasteiger charge is 2.28. The number of ether oxygens (including phenoxy) is 1. The summed E-state index contributed by atoms with van der Waals surface area (Å²) in [4.78, 5) is 16.8. The number of nitrogens with one attached hydrogen (secondary N) is 1. The number of methoxy groups -OCH3 is 1. The van der Waals surface area contributed by atoms with Gasteiger partial charge in [-0.1, -0.05) is 13.8 Å². The highest BCUT2D eigenvalue weighted by molar-refractivity contribution is 5.76. The third-order valence-electron chi connectivity index (χ3n) is 4.14. The second kappa shape index (κ2) is 7.38. The van der Waals surface area contributed by atoms with Crippen LogP contribution in [0.4, 0.5) is 0 Å². The number of esters is 1. The van der Waals surface area contributed by atoms with E-state index in [4.69, 9.17) is 4.74 Å². The summed E-state index contributed by atoms with van der Waals surface area (Å²) in [7, 11) is 1.46. The first-order chi connectivity index (χ1) is 9.58. The molecular weight excluding hydrogens is 254 g/mol. The summed E-state index contributed by atoms with van der Waals surface area (Å²) in [5.74, 6) is 0.811. The lowest BCUT2D eigenvalue weighted by molar-refractivity contribution is -0.144. The van der Waals surface area contributed by atoms with Crippen molar-refractivity contribution in [3.05, 3.63) is 0 Å². The van der Waals surface area contributed by atoms with Crippen LogP contribution in [0, 0.1) is 5.92 Å². The van der Waals surface area contributed by atoms with Crippen LogP contribution in [0.5, 0.6) is 0 Å². The molecule has 0 amide bonds. The van der Waals surface area contributed by atoms with Crippen molar-refractivity contribution in [1.29, 1.82) is 0 Å². The number of rotatable bonds is 7. The molecular formula is C15H29N3O2. The minimum Gasteiger partial charge on any atom is -0.468 e. The van der Waals surface area contributed by atoms with Crippen LogP contribution in [0.15, 0.2) is 0 Å². The second-order valence-corrected chi connectivity index (χ2v) is 6.44. The Bertz CT molecular complexity index is 310. The Kier molecular flexibility index (Phi) is 5.81. The molecule has 5 heteroatoms. The Morgan fingerprint density at radius 2 is 1.80 bits per heavy atom. The van der Waals surface area contributed by atoms with E-state index in [1.165, 1.54) is 26.5 Å². The smallest absolute Gasteiger partial charge is 0.324 e. The molecule has 1 heterocycles. The van der Waals surface area contributed by atoms with Gasteiger partial charge in [0.25, 0.3) is 0 Å². The second-order valence-electron chi connectivity index (χ2n) is 6.44. The van der Waals surface area contributed by atoms with Crippen LogP contribution in [0.2, 0.25) is 0 Å². The molecule has 1 aliphatic heterocycles. The van der Waals surface area contributed by atoms with Gasteiger partial charge in [0.05, 0.1) is 7.11 Å². The Morgan fingerprint density at radius 3 is 2.30 bits per heavy atom. The predicted octanol–water partition coefficient (Wildman–Crippen LogP) is 0.554. The summed E-state index contributed by atoms with van der Waals surface area (Å²) in [6, 6.07) is 0.0743. The van der Waals surface area contributed by atoms with E-state index in [9.17, 15) is 4.79 Å². The van der Waals surface area contributed by atoms with Gasteiger partial charge in [0.15, 0.2) is 0 Å². The molecule has 0 spiro atoms. The summed E-state index contributed by atoms with van der Waals surface area (Å²) in [6.45, 7) is 10.5. The topological polar surface area (TPSA) is 44.8 Å². The Hall–Kier alpha value is -0.650. The lowest BCUT2D eigenvalue weighted by Gasteiger charge is -2.36. The first-order valence-corrected chi connectivity index (χ1v) is 7.87. The molecule has 1 atom stereocenters. The van der Waals surface area contributed by atoms with E-state index in [2.05, 4.69) is 29.0 Å². The van der Waals surface area contributed by atoms with Gasteiger partial charge in [0.2, 0.25) is 0 Å². The summed E-state index contributed by atoms with van der Waals surface area (Å²) in [5, 5.41) is 3.30. The maximum absolute atomic E-state index is 11.8. The molecule has 2 aliphatic rings. The van der Waals surface area contributed by atoms with Gasteiger partial charge in [0.1, 0.15) is 6.04 Å². The largest absolute Gasteiger partial charge is 0.468 e. The molecule has 0 bridgehead atoms. The van der Waals surface area contributed by atoms with Crippen molar-refractivity contribution < 1.29 is 9.53 Å². The maximum atomic E-state index is 11.8. The van der Waals surface area contributed by atoms with Gasteiger partial charge in [-0.05, 0) is 18.8 Å². The van der Waals surface area contributed by atoms with Gasteiger partial charge in [0, 0.05) is 45.3 Å². The van der Waals surface area contributed by atoms with Crippen molar-refractivity contribution in [3.8, 4) is 0 Å². The molecule has 1 aliphatic carbocycles. The number of carbonyl (C=O) groups excluding carboxylic acids is 1. The quantitative estimate of drug-likeness (QED) is 0.692. The third kappa shape index (κ3) is 5.04. The van der Waals surface area contributed by atoms with Crippen LogP contribution in [0.1, 0.15) is 26.7 Å². The molecule has 20 heavy (non-hydrogen) atoms. The molecule has 0 aromatic rings. The lowest BCUT2D eigenvalue weighted by atomic mass is 10.2. The van der Waals surface area contributed by atoms with Crippen molar-refractivity contribution in [1.82, 2.24) is 15.1 Å². The average Bonchev–Trinajstić information content (AvgIpc) is 3.22. The van der Waals surface area contributed by atoms with Gasteiger partial charge in [-0.2, -0.15) is 0 Å². The fourth-order valence-electron chi connectivity index (χ4n) is 2.82. The fourth-order valence-corrected chi connectivity index (χ4v) is 2.82. The van der Waals surface area contributed by atoms with Crippen LogP contribution in [-0.2, 0) is 9.53 Å². The number of hydrogen-bond donors (Lipinski definition) is 1. The molecule has 1 unspecified atom stereocenters. The summed E-state index contributed by atoms with van der Waals surface area (Å²) in [5.41, 5.74) is 0. The van der Waals surface area contributed by atoms with Crippen molar-refractivity contribution in [2.45, 2.75) is 38.8 Å². The van der Waals surface area contributed by atoms with Crippen LogP contribution in [0.25, 0.3) is 0 Å². The molecule has 2 fully saturated rings. The Balaban J connectivity index is 1.74. The number of nitrogens with zero attached hydrogens (tertiary/aromatic N) is 2. The zero-order valence-electron chi connectivity index (χ0n) is 13.1. The number of hydrogen-bond acceptors (Lipinski definition) is 5. The van der Waals surface area contributed by atoms with Crippen LogP contribution < -0.4 is 5.32 Å². The molecule has 0 radical (unpaired) electrons. The van der Waals surface area contributed by atoms with Gasteiger partial charge < -0.3 is 15.0 Å². The van der Waals surface area contributed by atoms with E-state index in [-0.39, 0.29) is 18.1 Å². The molecule has 116 valence electrons. The van der Waals surface area contributed by atoms with Crippen LogP contribution in [-0.4, -0.2) is 74.2 Å². The highest BCUT2D eigenvalue weighted by Crippen LogP contribution is 2.29. The van der Waals surface area contributed by atoms with Crippen molar-refractivity contribution >= 4 is 5.97 Å². The van der Waals surface area contributed by atoms with E-state index in [1.54, 1.807) is 0 Å². The van der Waals surface area contributed by atoms with E-state index in [0.29, 0.717) is 0 Å². The van der Waals surface area contributed by atoms with Gasteiger partial charge in [-0.3, -0.25) is 9.69 Å². The zero-order valence-corrected chi connectivity index (χ0v) is 13.1. The zero-order chi connectivity index (χ0) is 14.5. The van der Waals surface area contributed by atoms with Crippen molar-refractivity contribution in [2.75, 3.05) is 46.4 Å². The Morgan fingerprint density at radius 1 is 1.20 bits per heavy atom. The first-order valence-electron chi connectivity index (χ1n) is 7.87. The van der Waals surface area contributed by atoms with E-state index in [0.717, 1.165) is 38.6 Å².